The third-order valence-electron chi connectivity index (χ3n) is 5.01. The Labute approximate surface area is 183 Å². The molecule has 2 aliphatic rings. The molecule has 0 fully saturated rings. The number of aromatic nitrogens is 2. The van der Waals surface area contributed by atoms with Crippen LogP contribution in [0.5, 0.6) is 23.0 Å². The van der Waals surface area contributed by atoms with Gasteiger partial charge in [0.25, 0.3) is 0 Å². The van der Waals surface area contributed by atoms with E-state index in [1.54, 1.807) is 16.7 Å². The lowest BCUT2D eigenvalue weighted by Crippen LogP contribution is -2.31. The average molecular weight is 467 g/mol. The molecule has 0 unspecified atom stereocenters. The van der Waals surface area contributed by atoms with Gasteiger partial charge in [0.15, 0.2) is 23.6 Å². The zero-order chi connectivity index (χ0) is 23.1. The van der Waals surface area contributed by atoms with E-state index in [0.717, 1.165) is 6.07 Å². The molecule has 0 spiro atoms. The van der Waals surface area contributed by atoms with Gasteiger partial charge in [-0.3, -0.25) is 9.88 Å². The number of hydrogen-bond acceptors (Lipinski definition) is 8. The van der Waals surface area contributed by atoms with E-state index in [1.165, 1.54) is 12.1 Å². The fourth-order valence-corrected chi connectivity index (χ4v) is 3.73. The van der Waals surface area contributed by atoms with Crippen molar-refractivity contribution < 1.29 is 36.5 Å². The van der Waals surface area contributed by atoms with Crippen molar-refractivity contribution in [2.45, 2.75) is 25.8 Å². The summed E-state index contributed by atoms with van der Waals surface area (Å²) in [5, 5.41) is 2.83. The Kier molecular flexibility index (Phi) is 5.23. The molecule has 1 aromatic heterocycles. The maximum Gasteiger partial charge on any atom is 0.387 e. The lowest BCUT2D eigenvalue weighted by Gasteiger charge is -2.25. The number of alkyl halides is 4. The molecule has 0 radical (unpaired) electrons. The van der Waals surface area contributed by atoms with Gasteiger partial charge in [0, 0.05) is 30.2 Å². The summed E-state index contributed by atoms with van der Waals surface area (Å²) in [6.07, 6.45) is -0.283. The first-order valence-corrected chi connectivity index (χ1v) is 9.84. The van der Waals surface area contributed by atoms with E-state index in [-0.39, 0.29) is 17.3 Å². The van der Waals surface area contributed by atoms with E-state index < -0.39 is 25.1 Å². The van der Waals surface area contributed by atoms with Gasteiger partial charge in [-0.15, -0.1) is 0 Å². The minimum absolute atomic E-state index is 0.0206. The van der Waals surface area contributed by atoms with E-state index in [9.17, 15) is 17.6 Å². The van der Waals surface area contributed by atoms with Gasteiger partial charge in [0.05, 0.1) is 24.2 Å². The maximum atomic E-state index is 13.1. The Morgan fingerprint density at radius 2 is 1.76 bits per heavy atom. The Morgan fingerprint density at radius 3 is 2.48 bits per heavy atom. The number of ether oxygens (including phenoxy) is 4. The normalized spacial score (nSPS) is 17.4. The second-order valence-electron chi connectivity index (χ2n) is 7.11. The van der Waals surface area contributed by atoms with Crippen molar-refractivity contribution in [3.05, 3.63) is 35.9 Å². The van der Waals surface area contributed by atoms with Gasteiger partial charge in [-0.1, -0.05) is 0 Å². The molecule has 3 aromatic rings. The first-order valence-electron chi connectivity index (χ1n) is 9.84. The number of halogens is 4. The van der Waals surface area contributed by atoms with Gasteiger partial charge in [-0.2, -0.15) is 17.6 Å². The molecule has 3 heterocycles. The van der Waals surface area contributed by atoms with Gasteiger partial charge in [-0.25, -0.2) is 9.98 Å². The van der Waals surface area contributed by atoms with Crippen LogP contribution in [-0.4, -0.2) is 41.9 Å². The largest absolute Gasteiger partial charge is 0.489 e. The Balaban J connectivity index is 1.65. The van der Waals surface area contributed by atoms with Crippen LogP contribution in [0.25, 0.3) is 11.0 Å². The molecular weight excluding hydrogens is 450 g/mol. The SMILES string of the molecule is NC1=N[C@@H](c2ccc(OC(F)F)cc2OC(F)F)n2c(nc3cc4c(cc32)OCCCO4)N1. The van der Waals surface area contributed by atoms with Crippen molar-refractivity contribution in [3.63, 3.8) is 0 Å². The highest BCUT2D eigenvalue weighted by atomic mass is 19.3. The number of rotatable bonds is 5. The highest BCUT2D eigenvalue weighted by molar-refractivity contribution is 5.95. The van der Waals surface area contributed by atoms with E-state index >= 15 is 0 Å². The molecule has 0 aliphatic carbocycles. The lowest BCUT2D eigenvalue weighted by atomic mass is 10.1. The van der Waals surface area contributed by atoms with Crippen LogP contribution in [-0.2, 0) is 0 Å². The summed E-state index contributed by atoms with van der Waals surface area (Å²) in [4.78, 5) is 8.83. The van der Waals surface area contributed by atoms with E-state index in [4.69, 9.17) is 15.2 Å². The summed E-state index contributed by atoms with van der Waals surface area (Å²) in [5.74, 6) is 0.548. The molecule has 174 valence electrons. The number of imidazole rings is 1. The van der Waals surface area contributed by atoms with Crippen LogP contribution in [0.15, 0.2) is 35.3 Å². The predicted molar refractivity (Wildman–Crippen MR) is 108 cm³/mol. The smallest absolute Gasteiger partial charge is 0.387 e. The highest BCUT2D eigenvalue weighted by Gasteiger charge is 2.30. The topological polar surface area (TPSA) is 105 Å². The van der Waals surface area contributed by atoms with E-state index in [2.05, 4.69) is 24.8 Å². The summed E-state index contributed by atoms with van der Waals surface area (Å²) in [6.45, 7) is -5.40. The molecule has 5 rings (SSSR count). The van der Waals surface area contributed by atoms with Crippen molar-refractivity contribution >= 4 is 22.9 Å². The number of nitrogens with zero attached hydrogens (tertiary/aromatic N) is 3. The molecular formula is C20H17F4N5O4. The molecule has 33 heavy (non-hydrogen) atoms. The van der Waals surface area contributed by atoms with Gasteiger partial charge in [0.2, 0.25) is 5.95 Å². The minimum Gasteiger partial charge on any atom is -0.489 e. The van der Waals surface area contributed by atoms with Crippen molar-refractivity contribution in [1.29, 1.82) is 0 Å². The van der Waals surface area contributed by atoms with Crippen LogP contribution in [0, 0.1) is 0 Å². The molecule has 2 aliphatic heterocycles. The zero-order valence-electron chi connectivity index (χ0n) is 16.8. The molecule has 0 saturated carbocycles. The molecule has 3 N–H and O–H groups in total. The Morgan fingerprint density at radius 1 is 1.03 bits per heavy atom. The summed E-state index contributed by atoms with van der Waals surface area (Å²) in [5.41, 5.74) is 7.12. The van der Waals surface area contributed by atoms with Crippen molar-refractivity contribution in [2.75, 3.05) is 18.5 Å². The number of fused-ring (bicyclic) bond motifs is 4. The van der Waals surface area contributed by atoms with Crippen LogP contribution in [0.4, 0.5) is 23.5 Å². The van der Waals surface area contributed by atoms with Crippen LogP contribution in [0.2, 0.25) is 0 Å². The van der Waals surface area contributed by atoms with Crippen LogP contribution in [0.3, 0.4) is 0 Å². The fourth-order valence-electron chi connectivity index (χ4n) is 3.73. The quantitative estimate of drug-likeness (QED) is 0.552. The predicted octanol–water partition coefficient (Wildman–Crippen LogP) is 3.69. The second-order valence-corrected chi connectivity index (χ2v) is 7.11. The first kappa shape index (κ1) is 21.0. The number of anilines is 1. The minimum atomic E-state index is -3.21. The molecule has 1 atom stereocenters. The summed E-state index contributed by atoms with van der Waals surface area (Å²) >= 11 is 0. The van der Waals surface area contributed by atoms with Crippen LogP contribution < -0.4 is 30.0 Å². The maximum absolute atomic E-state index is 13.1. The lowest BCUT2D eigenvalue weighted by molar-refractivity contribution is -0.0548. The van der Waals surface area contributed by atoms with Crippen LogP contribution >= 0.6 is 0 Å². The van der Waals surface area contributed by atoms with Crippen molar-refractivity contribution in [3.8, 4) is 23.0 Å². The third-order valence-corrected chi connectivity index (χ3v) is 5.01. The Hall–Kier alpha value is -3.90. The standard InChI is InChI=1S/C20H17F4N5O4/c21-17(22)32-9-2-3-10(13(6-9)33-18(23)24)16-27-19(25)28-20-26-11-7-14-15(8-12(11)29(16)20)31-5-1-4-30-14/h2-3,6-8,16-18H,1,4-5H2,(H3,25,26,27,28)/t16-/m1/s1. The number of hydrogen-bond donors (Lipinski definition) is 2. The number of guanidine groups is 1. The summed E-state index contributed by atoms with van der Waals surface area (Å²) in [7, 11) is 0. The van der Waals surface area contributed by atoms with Gasteiger partial charge >= 0.3 is 13.2 Å². The highest BCUT2D eigenvalue weighted by Crippen LogP contribution is 2.41. The first-order chi connectivity index (χ1) is 15.9. The van der Waals surface area contributed by atoms with Gasteiger partial charge in [0.1, 0.15) is 11.5 Å². The van der Waals surface area contributed by atoms with E-state index in [0.29, 0.717) is 48.1 Å². The zero-order valence-corrected chi connectivity index (χ0v) is 16.8. The van der Waals surface area contributed by atoms with E-state index in [1.807, 2.05) is 0 Å². The number of aliphatic imine (C=N–C) groups is 1. The van der Waals surface area contributed by atoms with Crippen molar-refractivity contribution in [1.82, 2.24) is 9.55 Å². The molecule has 0 saturated heterocycles. The summed E-state index contributed by atoms with van der Waals surface area (Å²) in [6, 6.07) is 6.87. The fraction of sp³-hybridized carbons (Fsp3) is 0.300. The number of nitrogens with one attached hydrogen (secondary N) is 1. The molecule has 2 aromatic carbocycles. The number of benzene rings is 2. The van der Waals surface area contributed by atoms with Crippen molar-refractivity contribution in [2.24, 2.45) is 10.7 Å². The molecule has 13 heteroatoms. The molecule has 9 nitrogen and oxygen atoms in total. The molecule has 0 bridgehead atoms. The summed E-state index contributed by atoms with van der Waals surface area (Å²) < 4.78 is 73.5. The second kappa shape index (κ2) is 8.22. The average Bonchev–Trinajstić information content (AvgIpc) is 2.92. The Bertz CT molecular complexity index is 1230. The number of nitrogens with two attached hydrogens (primary N) is 1. The third kappa shape index (κ3) is 4.01. The monoisotopic (exact) mass is 467 g/mol. The van der Waals surface area contributed by atoms with Gasteiger partial charge in [-0.05, 0) is 12.1 Å². The van der Waals surface area contributed by atoms with Gasteiger partial charge < -0.3 is 24.7 Å². The van der Waals surface area contributed by atoms with Crippen LogP contribution in [0.1, 0.15) is 18.2 Å². The molecule has 0 amide bonds.